The number of anilines is 1. The third-order valence-corrected chi connectivity index (χ3v) is 6.33. The lowest BCUT2D eigenvalue weighted by atomic mass is 9.97. The summed E-state index contributed by atoms with van der Waals surface area (Å²) < 4.78 is 0. The van der Waals surface area contributed by atoms with Gasteiger partial charge in [-0.25, -0.2) is 0 Å². The zero-order valence-electron chi connectivity index (χ0n) is 16.7. The van der Waals surface area contributed by atoms with Gasteiger partial charge in [-0.1, -0.05) is 35.4 Å². The topological polar surface area (TPSA) is 35.6 Å². The molecule has 148 valence electrons. The Morgan fingerprint density at radius 1 is 1.07 bits per heavy atom. The van der Waals surface area contributed by atoms with E-state index in [-0.39, 0.29) is 5.91 Å². The van der Waals surface area contributed by atoms with Crippen LogP contribution in [0.2, 0.25) is 5.02 Å². The molecule has 2 aliphatic heterocycles. The van der Waals surface area contributed by atoms with Crippen molar-refractivity contribution in [2.75, 3.05) is 44.2 Å². The van der Waals surface area contributed by atoms with Gasteiger partial charge in [-0.05, 0) is 62.1 Å². The molecule has 1 amide bonds. The number of hydrogen-bond donors (Lipinski definition) is 1. The van der Waals surface area contributed by atoms with Crippen LogP contribution in [0.4, 0.5) is 5.69 Å². The predicted molar refractivity (Wildman–Crippen MR) is 116 cm³/mol. The summed E-state index contributed by atoms with van der Waals surface area (Å²) in [6.45, 7) is 9.44. The molecule has 2 saturated heterocycles. The Hall–Kier alpha value is -2.04. The van der Waals surface area contributed by atoms with Crippen molar-refractivity contribution >= 4 is 23.2 Å². The van der Waals surface area contributed by atoms with Gasteiger partial charge in [0.05, 0.1) is 10.6 Å². The van der Waals surface area contributed by atoms with Crippen LogP contribution in [0, 0.1) is 13.8 Å². The molecule has 0 aromatic heterocycles. The lowest BCUT2D eigenvalue weighted by Gasteiger charge is -2.37. The minimum atomic E-state index is 0.0429. The number of nitrogens with zero attached hydrogens (tertiary/aromatic N) is 2. The molecule has 1 atom stereocenters. The van der Waals surface area contributed by atoms with Gasteiger partial charge in [0.1, 0.15) is 0 Å². The van der Waals surface area contributed by atoms with E-state index < -0.39 is 0 Å². The van der Waals surface area contributed by atoms with E-state index in [0.29, 0.717) is 16.5 Å². The molecule has 5 heteroatoms. The maximum atomic E-state index is 13.0. The quantitative estimate of drug-likeness (QED) is 0.850. The molecular weight excluding hydrogens is 370 g/mol. The number of piperazine rings is 1. The second-order valence-corrected chi connectivity index (χ2v) is 8.41. The van der Waals surface area contributed by atoms with Crippen molar-refractivity contribution in [3.8, 4) is 0 Å². The second kappa shape index (κ2) is 8.14. The van der Waals surface area contributed by atoms with Gasteiger partial charge in [-0.3, -0.25) is 4.79 Å². The highest BCUT2D eigenvalue weighted by molar-refractivity contribution is 6.33. The lowest BCUT2D eigenvalue weighted by molar-refractivity contribution is 0.0747. The van der Waals surface area contributed by atoms with Crippen molar-refractivity contribution in [3.05, 3.63) is 63.7 Å². The van der Waals surface area contributed by atoms with Gasteiger partial charge in [0.25, 0.3) is 5.91 Å². The number of halogens is 1. The maximum Gasteiger partial charge on any atom is 0.255 e. The van der Waals surface area contributed by atoms with E-state index in [0.717, 1.165) is 45.7 Å². The molecule has 1 N–H and O–H groups in total. The predicted octanol–water partition coefficient (Wildman–Crippen LogP) is 4.00. The largest absolute Gasteiger partial charge is 0.368 e. The van der Waals surface area contributed by atoms with Crippen molar-refractivity contribution in [3.63, 3.8) is 0 Å². The van der Waals surface area contributed by atoms with Crippen molar-refractivity contribution in [1.82, 2.24) is 10.2 Å². The SMILES string of the molecule is Cc1ccc(N2CCN(C(=O)c3ccc(C4CCNC4)cc3Cl)CC2)c(C)c1. The Morgan fingerprint density at radius 3 is 2.50 bits per heavy atom. The number of carbonyl (C=O) groups excluding carboxylic acids is 1. The van der Waals surface area contributed by atoms with Crippen LogP contribution in [-0.4, -0.2) is 50.1 Å². The molecular formula is C23H28ClN3O. The molecule has 2 fully saturated rings. The van der Waals surface area contributed by atoms with Crippen molar-refractivity contribution in [2.24, 2.45) is 0 Å². The normalized spacial score (nSPS) is 19.9. The monoisotopic (exact) mass is 397 g/mol. The van der Waals surface area contributed by atoms with Crippen LogP contribution in [0.5, 0.6) is 0 Å². The summed E-state index contributed by atoms with van der Waals surface area (Å²) in [5, 5.41) is 3.96. The average molecular weight is 398 g/mol. The summed E-state index contributed by atoms with van der Waals surface area (Å²) in [7, 11) is 0. The molecule has 1 unspecified atom stereocenters. The first-order valence-electron chi connectivity index (χ1n) is 10.1. The number of benzene rings is 2. The first-order valence-corrected chi connectivity index (χ1v) is 10.5. The lowest BCUT2D eigenvalue weighted by Crippen LogP contribution is -2.49. The number of hydrogen-bond acceptors (Lipinski definition) is 3. The van der Waals surface area contributed by atoms with E-state index in [9.17, 15) is 4.79 Å². The Bertz CT molecular complexity index is 868. The van der Waals surface area contributed by atoms with Gasteiger partial charge < -0.3 is 15.1 Å². The van der Waals surface area contributed by atoms with Gasteiger partial charge in [-0.15, -0.1) is 0 Å². The number of aryl methyl sites for hydroxylation is 2. The van der Waals surface area contributed by atoms with Crippen LogP contribution in [0.15, 0.2) is 36.4 Å². The van der Waals surface area contributed by atoms with Gasteiger partial charge in [0.2, 0.25) is 0 Å². The molecule has 0 aliphatic carbocycles. The molecule has 0 spiro atoms. The third-order valence-electron chi connectivity index (χ3n) is 6.02. The summed E-state index contributed by atoms with van der Waals surface area (Å²) >= 11 is 6.50. The van der Waals surface area contributed by atoms with Gasteiger partial charge >= 0.3 is 0 Å². The van der Waals surface area contributed by atoms with Crippen molar-refractivity contribution in [2.45, 2.75) is 26.2 Å². The highest BCUT2D eigenvalue weighted by atomic mass is 35.5. The van der Waals surface area contributed by atoms with E-state index in [1.807, 2.05) is 17.0 Å². The number of nitrogens with one attached hydrogen (secondary N) is 1. The van der Waals surface area contributed by atoms with E-state index in [1.54, 1.807) is 0 Å². The minimum absolute atomic E-state index is 0.0429. The number of amides is 1. The van der Waals surface area contributed by atoms with E-state index in [4.69, 9.17) is 11.6 Å². The van der Waals surface area contributed by atoms with E-state index >= 15 is 0 Å². The van der Waals surface area contributed by atoms with Gasteiger partial charge in [-0.2, -0.15) is 0 Å². The van der Waals surface area contributed by atoms with E-state index in [1.165, 1.54) is 22.4 Å². The fourth-order valence-corrected chi connectivity index (χ4v) is 4.65. The Balaban J connectivity index is 1.42. The Kier molecular flexibility index (Phi) is 5.61. The Labute approximate surface area is 172 Å². The van der Waals surface area contributed by atoms with E-state index in [2.05, 4.69) is 48.3 Å². The molecule has 4 nitrogen and oxygen atoms in total. The zero-order chi connectivity index (χ0) is 19.7. The summed E-state index contributed by atoms with van der Waals surface area (Å²) in [6.07, 6.45) is 1.13. The van der Waals surface area contributed by atoms with Gasteiger partial charge in [0, 0.05) is 38.4 Å². The highest BCUT2D eigenvalue weighted by Crippen LogP contribution is 2.28. The zero-order valence-corrected chi connectivity index (χ0v) is 17.4. The molecule has 2 heterocycles. The number of rotatable bonds is 3. The van der Waals surface area contributed by atoms with Crippen molar-refractivity contribution in [1.29, 1.82) is 0 Å². The fourth-order valence-electron chi connectivity index (χ4n) is 4.38. The first-order chi connectivity index (χ1) is 13.5. The standard InChI is InChI=1S/C23H28ClN3O/c1-16-3-6-22(17(2)13-16)26-9-11-27(12-10-26)23(28)20-5-4-18(14-21(20)24)19-7-8-25-15-19/h3-6,13-14,19,25H,7-12,15H2,1-2H3. The summed E-state index contributed by atoms with van der Waals surface area (Å²) in [5.41, 5.74) is 5.69. The fraction of sp³-hybridized carbons (Fsp3) is 0.435. The third kappa shape index (κ3) is 3.89. The highest BCUT2D eigenvalue weighted by Gasteiger charge is 2.25. The second-order valence-electron chi connectivity index (χ2n) is 8.00. The molecule has 0 radical (unpaired) electrons. The molecule has 2 aromatic carbocycles. The average Bonchev–Trinajstić information content (AvgIpc) is 3.22. The van der Waals surface area contributed by atoms with Gasteiger partial charge in [0.15, 0.2) is 0 Å². The minimum Gasteiger partial charge on any atom is -0.368 e. The number of carbonyl (C=O) groups is 1. The summed E-state index contributed by atoms with van der Waals surface area (Å²) in [6, 6.07) is 12.5. The molecule has 0 bridgehead atoms. The maximum absolute atomic E-state index is 13.0. The van der Waals surface area contributed by atoms with Crippen LogP contribution in [0.3, 0.4) is 0 Å². The summed E-state index contributed by atoms with van der Waals surface area (Å²) in [5.74, 6) is 0.546. The van der Waals surface area contributed by atoms with Crippen LogP contribution >= 0.6 is 11.6 Å². The van der Waals surface area contributed by atoms with Crippen LogP contribution in [0.1, 0.15) is 39.4 Å². The molecule has 0 saturated carbocycles. The first kappa shape index (κ1) is 19.3. The molecule has 2 aliphatic rings. The van der Waals surface area contributed by atoms with Crippen LogP contribution in [0.25, 0.3) is 0 Å². The van der Waals surface area contributed by atoms with Crippen molar-refractivity contribution < 1.29 is 4.79 Å². The molecule has 4 rings (SSSR count). The summed E-state index contributed by atoms with van der Waals surface area (Å²) in [4.78, 5) is 17.3. The van der Waals surface area contributed by atoms with Crippen LogP contribution in [-0.2, 0) is 0 Å². The Morgan fingerprint density at radius 2 is 1.86 bits per heavy atom. The smallest absolute Gasteiger partial charge is 0.255 e. The van der Waals surface area contributed by atoms with Crippen LogP contribution < -0.4 is 10.2 Å². The molecule has 2 aromatic rings. The molecule has 28 heavy (non-hydrogen) atoms.